The molecule has 2 rings (SSSR count). The summed E-state index contributed by atoms with van der Waals surface area (Å²) in [4.78, 5) is 36.1. The van der Waals surface area contributed by atoms with E-state index in [1.54, 1.807) is 48.5 Å². The van der Waals surface area contributed by atoms with Gasteiger partial charge in [0.05, 0.1) is 18.2 Å². The number of ether oxygens (including phenoxy) is 2. The molecule has 2 aromatic rings. The van der Waals surface area contributed by atoms with Crippen molar-refractivity contribution in [3.8, 4) is 11.8 Å². The molecule has 0 heterocycles. The Morgan fingerprint density at radius 2 is 1.72 bits per heavy atom. The van der Waals surface area contributed by atoms with E-state index in [0.29, 0.717) is 29.2 Å². The van der Waals surface area contributed by atoms with Gasteiger partial charge in [-0.25, -0.2) is 0 Å². The molecular weight excluding hydrogens is 374 g/mol. The number of benzene rings is 2. The molecule has 0 aromatic heterocycles. The molecule has 0 bridgehead atoms. The standard InChI is InChI=1S/C21H21N3O5/c1-3-28-18-10-6-16(7-11-18)21(27)23-13-19(25)29-14(2)20(26)24-17-8-4-15(12-22)5-9-17/h4-11,14H,3,13H2,1-2H3,(H,23,27)(H,24,26)/t14-/m1/s1. The Morgan fingerprint density at radius 1 is 1.07 bits per heavy atom. The van der Waals surface area contributed by atoms with Crippen molar-refractivity contribution in [3.05, 3.63) is 59.7 Å². The maximum Gasteiger partial charge on any atom is 0.326 e. The van der Waals surface area contributed by atoms with Crippen LogP contribution in [0.25, 0.3) is 0 Å². The van der Waals surface area contributed by atoms with E-state index in [1.165, 1.54) is 6.92 Å². The molecule has 0 saturated carbocycles. The molecule has 0 saturated heterocycles. The first-order valence-electron chi connectivity index (χ1n) is 8.94. The van der Waals surface area contributed by atoms with Crippen molar-refractivity contribution in [1.29, 1.82) is 5.26 Å². The summed E-state index contributed by atoms with van der Waals surface area (Å²) in [6, 6.07) is 14.7. The highest BCUT2D eigenvalue weighted by atomic mass is 16.5. The number of nitrogens with one attached hydrogen (secondary N) is 2. The number of nitrogens with zero attached hydrogens (tertiary/aromatic N) is 1. The monoisotopic (exact) mass is 395 g/mol. The van der Waals surface area contributed by atoms with Crippen molar-refractivity contribution >= 4 is 23.5 Å². The van der Waals surface area contributed by atoms with Gasteiger partial charge in [0.1, 0.15) is 12.3 Å². The first-order chi connectivity index (χ1) is 13.9. The molecule has 0 aliphatic rings. The summed E-state index contributed by atoms with van der Waals surface area (Å²) in [5.74, 6) is -1.07. The Hall–Kier alpha value is -3.86. The van der Waals surface area contributed by atoms with Crippen LogP contribution in [0, 0.1) is 11.3 Å². The van der Waals surface area contributed by atoms with Crippen LogP contribution >= 0.6 is 0 Å². The zero-order chi connectivity index (χ0) is 21.2. The fourth-order valence-electron chi connectivity index (χ4n) is 2.29. The van der Waals surface area contributed by atoms with Gasteiger partial charge >= 0.3 is 5.97 Å². The SMILES string of the molecule is CCOc1ccc(C(=O)NCC(=O)O[C@H](C)C(=O)Nc2ccc(C#N)cc2)cc1. The Kier molecular flexibility index (Phi) is 7.74. The average molecular weight is 395 g/mol. The lowest BCUT2D eigenvalue weighted by Gasteiger charge is -2.14. The van der Waals surface area contributed by atoms with Crippen LogP contribution in [0.3, 0.4) is 0 Å². The zero-order valence-corrected chi connectivity index (χ0v) is 16.1. The van der Waals surface area contributed by atoms with Crippen molar-refractivity contribution in [2.75, 3.05) is 18.5 Å². The third-order valence-electron chi connectivity index (χ3n) is 3.78. The van der Waals surface area contributed by atoms with Crippen LogP contribution in [0.15, 0.2) is 48.5 Å². The number of nitriles is 1. The molecule has 2 amide bonds. The maximum atomic E-state index is 12.1. The highest BCUT2D eigenvalue weighted by Gasteiger charge is 2.18. The fourth-order valence-corrected chi connectivity index (χ4v) is 2.29. The van der Waals surface area contributed by atoms with E-state index in [9.17, 15) is 14.4 Å². The number of carbonyl (C=O) groups is 3. The quantitative estimate of drug-likeness (QED) is 0.662. The summed E-state index contributed by atoms with van der Waals surface area (Å²) < 4.78 is 10.3. The molecule has 29 heavy (non-hydrogen) atoms. The number of hydrogen-bond acceptors (Lipinski definition) is 6. The van der Waals surface area contributed by atoms with Crippen LogP contribution in [0.4, 0.5) is 5.69 Å². The fraction of sp³-hybridized carbons (Fsp3) is 0.238. The van der Waals surface area contributed by atoms with E-state index < -0.39 is 23.9 Å². The molecule has 0 spiro atoms. The van der Waals surface area contributed by atoms with Gasteiger partial charge in [-0.1, -0.05) is 0 Å². The summed E-state index contributed by atoms with van der Waals surface area (Å²) in [7, 11) is 0. The Balaban J connectivity index is 1.79. The lowest BCUT2D eigenvalue weighted by atomic mass is 10.2. The molecule has 150 valence electrons. The lowest BCUT2D eigenvalue weighted by Crippen LogP contribution is -2.35. The normalized spacial score (nSPS) is 10.9. The van der Waals surface area contributed by atoms with E-state index in [-0.39, 0.29) is 6.54 Å². The van der Waals surface area contributed by atoms with Crippen molar-refractivity contribution in [1.82, 2.24) is 5.32 Å². The zero-order valence-electron chi connectivity index (χ0n) is 16.1. The van der Waals surface area contributed by atoms with E-state index in [1.807, 2.05) is 13.0 Å². The Morgan fingerprint density at radius 3 is 2.31 bits per heavy atom. The first-order valence-corrected chi connectivity index (χ1v) is 8.94. The number of carbonyl (C=O) groups excluding carboxylic acids is 3. The van der Waals surface area contributed by atoms with E-state index in [0.717, 1.165) is 0 Å². The van der Waals surface area contributed by atoms with Crippen molar-refractivity contribution < 1.29 is 23.9 Å². The number of amides is 2. The second kappa shape index (κ2) is 10.5. The van der Waals surface area contributed by atoms with Crippen LogP contribution in [0.2, 0.25) is 0 Å². The van der Waals surface area contributed by atoms with E-state index >= 15 is 0 Å². The third-order valence-corrected chi connectivity index (χ3v) is 3.78. The molecule has 0 aliphatic heterocycles. The average Bonchev–Trinajstić information content (AvgIpc) is 2.73. The van der Waals surface area contributed by atoms with Crippen molar-refractivity contribution in [3.63, 3.8) is 0 Å². The molecule has 0 aliphatic carbocycles. The van der Waals surface area contributed by atoms with Crippen LogP contribution in [-0.4, -0.2) is 37.0 Å². The topological polar surface area (TPSA) is 118 Å². The summed E-state index contributed by atoms with van der Waals surface area (Å²) in [6.07, 6.45) is -1.06. The third kappa shape index (κ3) is 6.66. The number of hydrogen-bond donors (Lipinski definition) is 2. The predicted octanol–water partition coefficient (Wildman–Crippen LogP) is 2.26. The second-order valence-corrected chi connectivity index (χ2v) is 5.95. The summed E-state index contributed by atoms with van der Waals surface area (Å²) in [5, 5.41) is 13.8. The van der Waals surface area contributed by atoms with Crippen LogP contribution < -0.4 is 15.4 Å². The van der Waals surface area contributed by atoms with Gasteiger partial charge in [-0.3, -0.25) is 14.4 Å². The Labute approximate surface area is 168 Å². The van der Waals surface area contributed by atoms with Gasteiger partial charge in [0.2, 0.25) is 0 Å². The summed E-state index contributed by atoms with van der Waals surface area (Å²) in [6.45, 7) is 3.43. The van der Waals surface area contributed by atoms with E-state index in [2.05, 4.69) is 10.6 Å². The van der Waals surface area contributed by atoms with E-state index in [4.69, 9.17) is 14.7 Å². The minimum absolute atomic E-state index is 0.368. The molecule has 0 fully saturated rings. The highest BCUT2D eigenvalue weighted by molar-refractivity contribution is 5.97. The Bertz CT molecular complexity index is 901. The summed E-state index contributed by atoms with van der Waals surface area (Å²) >= 11 is 0. The van der Waals surface area contributed by atoms with Crippen molar-refractivity contribution in [2.45, 2.75) is 20.0 Å². The largest absolute Gasteiger partial charge is 0.494 e. The maximum absolute atomic E-state index is 12.1. The van der Waals surface area contributed by atoms with Crippen LogP contribution in [-0.2, 0) is 14.3 Å². The molecule has 8 heteroatoms. The molecule has 0 unspecified atom stereocenters. The van der Waals surface area contributed by atoms with Crippen LogP contribution in [0.1, 0.15) is 29.8 Å². The number of anilines is 1. The predicted molar refractivity (Wildman–Crippen MR) is 105 cm³/mol. The van der Waals surface area contributed by atoms with Crippen molar-refractivity contribution in [2.24, 2.45) is 0 Å². The number of esters is 1. The van der Waals surface area contributed by atoms with Gasteiger partial charge in [0, 0.05) is 11.3 Å². The van der Waals surface area contributed by atoms with Gasteiger partial charge < -0.3 is 20.1 Å². The van der Waals surface area contributed by atoms with Gasteiger partial charge in [0.15, 0.2) is 6.10 Å². The summed E-state index contributed by atoms with van der Waals surface area (Å²) in [5.41, 5.74) is 1.30. The molecule has 1 atom stereocenters. The van der Waals surface area contributed by atoms with Crippen LogP contribution in [0.5, 0.6) is 5.75 Å². The van der Waals surface area contributed by atoms with Gasteiger partial charge in [0.25, 0.3) is 11.8 Å². The smallest absolute Gasteiger partial charge is 0.326 e. The lowest BCUT2D eigenvalue weighted by molar-refractivity contribution is -0.152. The van der Waals surface area contributed by atoms with Gasteiger partial charge in [-0.2, -0.15) is 5.26 Å². The molecule has 0 radical (unpaired) electrons. The minimum Gasteiger partial charge on any atom is -0.494 e. The molecule has 8 nitrogen and oxygen atoms in total. The number of rotatable bonds is 8. The molecular formula is C21H21N3O5. The highest BCUT2D eigenvalue weighted by Crippen LogP contribution is 2.12. The molecule has 2 N–H and O–H groups in total. The van der Waals surface area contributed by atoms with Gasteiger partial charge in [-0.05, 0) is 62.4 Å². The first kappa shape index (κ1) is 21.4. The minimum atomic E-state index is -1.06. The second-order valence-electron chi connectivity index (χ2n) is 5.95. The molecule has 2 aromatic carbocycles. The van der Waals surface area contributed by atoms with Gasteiger partial charge in [-0.15, -0.1) is 0 Å².